The molecule has 0 bridgehead atoms. The first-order valence-electron chi connectivity index (χ1n) is 8.37. The van der Waals surface area contributed by atoms with Crippen molar-refractivity contribution in [3.63, 3.8) is 0 Å². The summed E-state index contributed by atoms with van der Waals surface area (Å²) in [5, 5.41) is 0. The number of esters is 2. The molecule has 0 fully saturated rings. The molecular formula is C17H30O6S. The highest BCUT2D eigenvalue weighted by atomic mass is 32.2. The number of carbonyl (C=O) groups is 2. The lowest BCUT2D eigenvalue weighted by molar-refractivity contribution is -0.147. The topological polar surface area (TPSA) is 86.7 Å². The average Bonchev–Trinajstić information content (AvgIpc) is 2.44. The van der Waals surface area contributed by atoms with E-state index in [-0.39, 0.29) is 17.7 Å². The maximum absolute atomic E-state index is 11.7. The molecule has 0 radical (unpaired) electrons. The molecule has 0 aliphatic rings. The number of sulfone groups is 1. The predicted octanol–water partition coefficient (Wildman–Crippen LogP) is 2.81. The first-order chi connectivity index (χ1) is 11.2. The molecule has 0 saturated heterocycles. The van der Waals surface area contributed by atoms with Crippen LogP contribution in [0.4, 0.5) is 0 Å². The first kappa shape index (κ1) is 22.6. The van der Waals surface area contributed by atoms with Crippen molar-refractivity contribution in [1.29, 1.82) is 0 Å². The van der Waals surface area contributed by atoms with Crippen LogP contribution in [0.25, 0.3) is 0 Å². The van der Waals surface area contributed by atoms with Gasteiger partial charge in [0.15, 0.2) is 9.84 Å². The molecule has 0 amide bonds. The SMILES string of the molecule is C=C(CC(=O)OCCCCCCCC)C(=O)OC(C)CS(C)(=O)=O. The van der Waals surface area contributed by atoms with Gasteiger partial charge in [0, 0.05) is 11.8 Å². The lowest BCUT2D eigenvalue weighted by Gasteiger charge is -2.13. The number of unbranched alkanes of at least 4 members (excludes halogenated alkanes) is 5. The van der Waals surface area contributed by atoms with Gasteiger partial charge in [-0.25, -0.2) is 13.2 Å². The Labute approximate surface area is 145 Å². The maximum atomic E-state index is 11.7. The molecule has 0 aliphatic carbocycles. The van der Waals surface area contributed by atoms with Crippen molar-refractivity contribution in [3.8, 4) is 0 Å². The predicted molar refractivity (Wildman–Crippen MR) is 93.4 cm³/mol. The summed E-state index contributed by atoms with van der Waals surface area (Å²) in [5.41, 5.74) is -0.0386. The molecule has 0 spiro atoms. The Bertz CT molecular complexity index is 509. The van der Waals surface area contributed by atoms with Gasteiger partial charge in [-0.2, -0.15) is 0 Å². The summed E-state index contributed by atoms with van der Waals surface area (Å²) >= 11 is 0. The summed E-state index contributed by atoms with van der Waals surface area (Å²) in [6, 6.07) is 0. The fraction of sp³-hybridized carbons (Fsp3) is 0.765. The van der Waals surface area contributed by atoms with Gasteiger partial charge in [-0.05, 0) is 13.3 Å². The fourth-order valence-corrected chi connectivity index (χ4v) is 3.01. The smallest absolute Gasteiger partial charge is 0.334 e. The highest BCUT2D eigenvalue weighted by Crippen LogP contribution is 2.08. The van der Waals surface area contributed by atoms with Crippen LogP contribution < -0.4 is 0 Å². The van der Waals surface area contributed by atoms with E-state index < -0.39 is 27.9 Å². The summed E-state index contributed by atoms with van der Waals surface area (Å²) in [7, 11) is -3.24. The third-order valence-corrected chi connectivity index (χ3v) is 4.33. The van der Waals surface area contributed by atoms with Crippen LogP contribution in [0.2, 0.25) is 0 Å². The molecular weight excluding hydrogens is 332 g/mol. The molecule has 1 unspecified atom stereocenters. The zero-order valence-corrected chi connectivity index (χ0v) is 15.8. The Morgan fingerprint density at radius 3 is 2.25 bits per heavy atom. The van der Waals surface area contributed by atoms with Gasteiger partial charge in [0.25, 0.3) is 0 Å². The second-order valence-corrected chi connectivity index (χ2v) is 8.26. The van der Waals surface area contributed by atoms with Crippen molar-refractivity contribution < 1.29 is 27.5 Å². The van der Waals surface area contributed by atoms with Crippen molar-refractivity contribution in [1.82, 2.24) is 0 Å². The number of hydrogen-bond donors (Lipinski definition) is 0. The largest absolute Gasteiger partial charge is 0.465 e. The van der Waals surface area contributed by atoms with Gasteiger partial charge in [-0.3, -0.25) is 4.79 Å². The lowest BCUT2D eigenvalue weighted by Crippen LogP contribution is -2.24. The van der Waals surface area contributed by atoms with Crippen molar-refractivity contribution in [3.05, 3.63) is 12.2 Å². The van der Waals surface area contributed by atoms with Crippen LogP contribution in [0.1, 0.15) is 58.8 Å². The van der Waals surface area contributed by atoms with Gasteiger partial charge < -0.3 is 9.47 Å². The number of hydrogen-bond acceptors (Lipinski definition) is 6. The molecule has 24 heavy (non-hydrogen) atoms. The highest BCUT2D eigenvalue weighted by molar-refractivity contribution is 7.90. The second kappa shape index (κ2) is 12.1. The molecule has 7 heteroatoms. The molecule has 0 aromatic heterocycles. The summed E-state index contributed by atoms with van der Waals surface area (Å²) in [6.45, 7) is 7.46. The maximum Gasteiger partial charge on any atom is 0.334 e. The summed E-state index contributed by atoms with van der Waals surface area (Å²) < 4.78 is 32.2. The minimum atomic E-state index is -3.24. The summed E-state index contributed by atoms with van der Waals surface area (Å²) in [5.74, 6) is -1.57. The first-order valence-corrected chi connectivity index (χ1v) is 10.4. The van der Waals surface area contributed by atoms with Gasteiger partial charge in [0.2, 0.25) is 0 Å². The van der Waals surface area contributed by atoms with Gasteiger partial charge in [0.1, 0.15) is 6.10 Å². The van der Waals surface area contributed by atoms with Crippen molar-refractivity contribution in [2.45, 2.75) is 64.9 Å². The molecule has 0 rings (SSSR count). The minimum Gasteiger partial charge on any atom is -0.465 e. The lowest BCUT2D eigenvalue weighted by atomic mass is 10.1. The van der Waals surface area contributed by atoms with Crippen LogP contribution >= 0.6 is 0 Å². The Hall–Kier alpha value is -1.37. The molecule has 1 atom stereocenters. The third kappa shape index (κ3) is 13.1. The minimum absolute atomic E-state index is 0.0386. The molecule has 0 heterocycles. The molecule has 0 aliphatic heterocycles. The van der Waals surface area contributed by atoms with Crippen LogP contribution in [-0.2, 0) is 28.9 Å². The summed E-state index contributed by atoms with van der Waals surface area (Å²) in [6.07, 6.45) is 6.57. The van der Waals surface area contributed by atoms with Crippen LogP contribution in [-0.4, -0.2) is 45.1 Å². The quantitative estimate of drug-likeness (QED) is 0.284. The number of ether oxygens (including phenoxy) is 2. The van der Waals surface area contributed by atoms with E-state index in [1.165, 1.54) is 26.2 Å². The fourth-order valence-electron chi connectivity index (χ4n) is 2.09. The number of carbonyl (C=O) groups excluding carboxylic acids is 2. The van der Waals surface area contributed by atoms with E-state index in [0.29, 0.717) is 6.61 Å². The van der Waals surface area contributed by atoms with E-state index in [2.05, 4.69) is 13.5 Å². The normalized spacial score (nSPS) is 12.5. The van der Waals surface area contributed by atoms with E-state index in [4.69, 9.17) is 9.47 Å². The zero-order chi connectivity index (χ0) is 18.6. The molecule has 140 valence electrons. The molecule has 0 aromatic rings. The standard InChI is InChI=1S/C17H30O6S/c1-5-6-7-8-9-10-11-22-16(18)12-14(2)17(19)23-15(3)13-24(4,20)21/h15H,2,5-13H2,1,3-4H3. The Morgan fingerprint density at radius 1 is 1.08 bits per heavy atom. The van der Waals surface area contributed by atoms with E-state index in [9.17, 15) is 18.0 Å². The zero-order valence-electron chi connectivity index (χ0n) is 15.0. The van der Waals surface area contributed by atoms with Gasteiger partial charge >= 0.3 is 11.9 Å². The van der Waals surface area contributed by atoms with Crippen LogP contribution in [0.5, 0.6) is 0 Å². The molecule has 0 N–H and O–H groups in total. The van der Waals surface area contributed by atoms with Gasteiger partial charge in [-0.15, -0.1) is 0 Å². The van der Waals surface area contributed by atoms with Crippen LogP contribution in [0, 0.1) is 0 Å². The second-order valence-electron chi connectivity index (χ2n) is 6.08. The van der Waals surface area contributed by atoms with Crippen molar-refractivity contribution >= 4 is 21.8 Å². The third-order valence-electron chi connectivity index (χ3n) is 3.25. The summed E-state index contributed by atoms with van der Waals surface area (Å²) in [4.78, 5) is 23.3. The monoisotopic (exact) mass is 362 g/mol. The number of rotatable bonds is 13. The van der Waals surface area contributed by atoms with Gasteiger partial charge in [-0.1, -0.05) is 45.6 Å². The highest BCUT2D eigenvalue weighted by Gasteiger charge is 2.19. The molecule has 0 saturated carbocycles. The molecule has 0 aromatic carbocycles. The van der Waals surface area contributed by atoms with Crippen LogP contribution in [0.15, 0.2) is 12.2 Å². The van der Waals surface area contributed by atoms with E-state index >= 15 is 0 Å². The van der Waals surface area contributed by atoms with Gasteiger partial charge in [0.05, 0.1) is 18.8 Å². The van der Waals surface area contributed by atoms with E-state index in [1.807, 2.05) is 0 Å². The Morgan fingerprint density at radius 2 is 1.67 bits per heavy atom. The van der Waals surface area contributed by atoms with E-state index in [0.717, 1.165) is 25.5 Å². The van der Waals surface area contributed by atoms with Crippen molar-refractivity contribution in [2.75, 3.05) is 18.6 Å². The van der Waals surface area contributed by atoms with Crippen LogP contribution in [0.3, 0.4) is 0 Å². The van der Waals surface area contributed by atoms with Crippen molar-refractivity contribution in [2.24, 2.45) is 0 Å². The van der Waals surface area contributed by atoms with E-state index in [1.54, 1.807) is 0 Å². The Balaban J connectivity index is 3.92. The average molecular weight is 362 g/mol. The molecule has 6 nitrogen and oxygen atoms in total. The Kier molecular flexibility index (Phi) is 11.4.